The molecule has 2 aliphatic rings. The first-order chi connectivity index (χ1) is 15.7. The topological polar surface area (TPSA) is 104 Å². The fourth-order valence-corrected chi connectivity index (χ4v) is 3.61. The summed E-state index contributed by atoms with van der Waals surface area (Å²) in [6.07, 6.45) is 3.75. The predicted octanol–water partition coefficient (Wildman–Crippen LogP) is 2.60. The fraction of sp³-hybridized carbons (Fsp3) is 0.480. The zero-order chi connectivity index (χ0) is 23.8. The average molecular weight is 453 g/mol. The number of rotatable bonds is 8. The number of aromatic nitrogens is 1. The number of aryl methyl sites for hydroxylation is 1. The van der Waals surface area contributed by atoms with Gasteiger partial charge < -0.3 is 25.4 Å². The number of benzene rings is 1. The van der Waals surface area contributed by atoms with E-state index in [1.807, 2.05) is 45.0 Å². The van der Waals surface area contributed by atoms with Crippen LogP contribution in [0.15, 0.2) is 30.5 Å². The van der Waals surface area contributed by atoms with E-state index in [1.165, 1.54) is 0 Å². The number of ether oxygens (including phenoxy) is 1. The second-order valence-electron chi connectivity index (χ2n) is 9.67. The number of pyridine rings is 1. The highest BCUT2D eigenvalue weighted by molar-refractivity contribution is 6.01. The molecule has 2 amide bonds. The normalized spacial score (nSPS) is 16.2. The number of likely N-dealkylation sites (N-methyl/N-ethyl adjacent to an activating group) is 1. The molecule has 1 aromatic carbocycles. The van der Waals surface area contributed by atoms with Crippen molar-refractivity contribution in [1.29, 1.82) is 0 Å². The molecule has 8 nitrogen and oxygen atoms in total. The summed E-state index contributed by atoms with van der Waals surface area (Å²) in [5.74, 6) is 0.153. The molecule has 0 unspecified atom stereocenters. The van der Waals surface area contributed by atoms with Crippen LogP contribution in [0.25, 0.3) is 11.1 Å². The number of aliphatic hydroxyl groups is 1. The Morgan fingerprint density at radius 3 is 2.58 bits per heavy atom. The predicted molar refractivity (Wildman–Crippen MR) is 126 cm³/mol. The summed E-state index contributed by atoms with van der Waals surface area (Å²) >= 11 is 0. The third-order valence-electron chi connectivity index (χ3n) is 6.18. The maximum Gasteiger partial charge on any atom is 0.257 e. The molecule has 2 heterocycles. The van der Waals surface area contributed by atoms with Crippen molar-refractivity contribution in [2.24, 2.45) is 0 Å². The quantitative estimate of drug-likeness (QED) is 0.569. The smallest absolute Gasteiger partial charge is 0.257 e. The van der Waals surface area contributed by atoms with E-state index in [0.29, 0.717) is 30.2 Å². The van der Waals surface area contributed by atoms with E-state index in [2.05, 4.69) is 15.6 Å². The Morgan fingerprint density at radius 2 is 1.97 bits per heavy atom. The van der Waals surface area contributed by atoms with Gasteiger partial charge in [-0.1, -0.05) is 6.07 Å². The summed E-state index contributed by atoms with van der Waals surface area (Å²) < 4.78 is 5.25. The van der Waals surface area contributed by atoms with Gasteiger partial charge in [-0.05, 0) is 62.9 Å². The molecular weight excluding hydrogens is 420 g/mol. The van der Waals surface area contributed by atoms with Crippen LogP contribution in [0.2, 0.25) is 0 Å². The number of carbonyl (C=O) groups is 2. The molecule has 176 valence electrons. The van der Waals surface area contributed by atoms with Crippen LogP contribution >= 0.6 is 0 Å². The lowest BCUT2D eigenvalue weighted by Gasteiger charge is -2.35. The van der Waals surface area contributed by atoms with Crippen LogP contribution in [0.4, 0.5) is 5.82 Å². The van der Waals surface area contributed by atoms with E-state index in [-0.39, 0.29) is 30.5 Å². The van der Waals surface area contributed by atoms with Gasteiger partial charge in [0, 0.05) is 30.4 Å². The van der Waals surface area contributed by atoms with Gasteiger partial charge in [-0.25, -0.2) is 4.98 Å². The van der Waals surface area contributed by atoms with Gasteiger partial charge in [0.1, 0.15) is 5.82 Å². The van der Waals surface area contributed by atoms with Crippen LogP contribution in [0, 0.1) is 6.92 Å². The van der Waals surface area contributed by atoms with Crippen molar-refractivity contribution in [3.8, 4) is 11.1 Å². The molecule has 1 aliphatic carbocycles. The average Bonchev–Trinajstić information content (AvgIpc) is 3.56. The molecule has 3 N–H and O–H groups in total. The molecule has 8 heteroatoms. The van der Waals surface area contributed by atoms with Crippen molar-refractivity contribution in [3.63, 3.8) is 0 Å². The number of nitrogens with zero attached hydrogens (tertiary/aromatic N) is 2. The molecule has 2 aromatic rings. The molecule has 33 heavy (non-hydrogen) atoms. The first kappa shape index (κ1) is 23.2. The van der Waals surface area contributed by atoms with Crippen LogP contribution in [0.1, 0.15) is 53.0 Å². The number of hydrogen-bond acceptors (Lipinski definition) is 6. The Morgan fingerprint density at radius 1 is 1.24 bits per heavy atom. The highest BCUT2D eigenvalue weighted by atomic mass is 16.5. The van der Waals surface area contributed by atoms with Crippen molar-refractivity contribution in [2.45, 2.75) is 51.2 Å². The lowest BCUT2D eigenvalue weighted by Crippen LogP contribution is -2.50. The minimum Gasteiger partial charge on any atom is -0.394 e. The van der Waals surface area contributed by atoms with Gasteiger partial charge in [-0.2, -0.15) is 0 Å². The largest absolute Gasteiger partial charge is 0.394 e. The Labute approximate surface area is 194 Å². The van der Waals surface area contributed by atoms with Crippen molar-refractivity contribution < 1.29 is 19.4 Å². The van der Waals surface area contributed by atoms with Crippen LogP contribution < -0.4 is 10.6 Å². The Kier molecular flexibility index (Phi) is 6.41. The molecule has 1 aliphatic heterocycles. The van der Waals surface area contributed by atoms with Crippen molar-refractivity contribution in [1.82, 2.24) is 15.2 Å². The minimum absolute atomic E-state index is 0.0241. The van der Waals surface area contributed by atoms with Gasteiger partial charge in [0.05, 0.1) is 37.0 Å². The van der Waals surface area contributed by atoms with Crippen molar-refractivity contribution in [2.75, 3.05) is 32.2 Å². The monoisotopic (exact) mass is 452 g/mol. The van der Waals surface area contributed by atoms with Gasteiger partial charge in [-0.15, -0.1) is 0 Å². The van der Waals surface area contributed by atoms with Crippen molar-refractivity contribution in [3.05, 3.63) is 47.2 Å². The minimum atomic E-state index is -0.654. The van der Waals surface area contributed by atoms with E-state index in [4.69, 9.17) is 4.74 Å². The van der Waals surface area contributed by atoms with Crippen molar-refractivity contribution >= 4 is 17.6 Å². The fourth-order valence-electron chi connectivity index (χ4n) is 3.61. The Balaban J connectivity index is 1.71. The third kappa shape index (κ3) is 5.17. The number of amides is 2. The molecule has 0 atom stereocenters. The SMILES string of the molecule is Cc1ccc(C(=O)NC2CC2)cc1-c1cnc(NC(C)(C)CO)c(C(=O)N(C)C2COC2)c1. The van der Waals surface area contributed by atoms with E-state index >= 15 is 0 Å². The third-order valence-corrected chi connectivity index (χ3v) is 6.18. The molecule has 0 bridgehead atoms. The summed E-state index contributed by atoms with van der Waals surface area (Å²) in [5, 5.41) is 15.9. The number of hydrogen-bond donors (Lipinski definition) is 3. The Bertz CT molecular complexity index is 1060. The van der Waals surface area contributed by atoms with Crippen LogP contribution in [0.5, 0.6) is 0 Å². The molecule has 1 aromatic heterocycles. The van der Waals surface area contributed by atoms with Gasteiger partial charge in [-0.3, -0.25) is 9.59 Å². The van der Waals surface area contributed by atoms with Crippen LogP contribution in [-0.2, 0) is 4.74 Å². The highest BCUT2D eigenvalue weighted by Gasteiger charge is 2.30. The van der Waals surface area contributed by atoms with E-state index < -0.39 is 5.54 Å². The first-order valence-corrected chi connectivity index (χ1v) is 11.3. The zero-order valence-corrected chi connectivity index (χ0v) is 19.6. The lowest BCUT2D eigenvalue weighted by atomic mass is 9.97. The number of nitrogens with one attached hydrogen (secondary N) is 2. The summed E-state index contributed by atoms with van der Waals surface area (Å²) in [6.45, 7) is 6.56. The maximum atomic E-state index is 13.4. The molecule has 1 saturated carbocycles. The zero-order valence-electron chi connectivity index (χ0n) is 19.6. The summed E-state index contributed by atoms with van der Waals surface area (Å²) in [5.41, 5.74) is 2.93. The summed E-state index contributed by atoms with van der Waals surface area (Å²) in [6, 6.07) is 7.70. The molecule has 0 radical (unpaired) electrons. The summed E-state index contributed by atoms with van der Waals surface area (Å²) in [4.78, 5) is 32.2. The molecule has 0 spiro atoms. The standard InChI is InChI=1S/C25H32N4O4/c1-15-5-6-16(23(31)27-18-7-8-18)9-20(15)17-10-21(24(32)29(4)19-12-33-13-19)22(26-11-17)28-25(2,3)14-30/h5-6,9-11,18-19,30H,7-8,12-14H2,1-4H3,(H,26,28)(H,27,31). The molecule has 1 saturated heterocycles. The van der Waals surface area contributed by atoms with Gasteiger partial charge in [0.25, 0.3) is 11.8 Å². The number of aliphatic hydroxyl groups excluding tert-OH is 1. The van der Waals surface area contributed by atoms with Crippen LogP contribution in [0.3, 0.4) is 0 Å². The van der Waals surface area contributed by atoms with Gasteiger partial charge in [0.15, 0.2) is 0 Å². The van der Waals surface area contributed by atoms with Gasteiger partial charge in [0.2, 0.25) is 0 Å². The number of carbonyl (C=O) groups excluding carboxylic acids is 2. The molecular formula is C25H32N4O4. The van der Waals surface area contributed by atoms with Crippen LogP contribution in [-0.4, -0.2) is 71.3 Å². The first-order valence-electron chi connectivity index (χ1n) is 11.3. The van der Waals surface area contributed by atoms with Gasteiger partial charge >= 0.3 is 0 Å². The van der Waals surface area contributed by atoms with E-state index in [0.717, 1.165) is 29.5 Å². The number of anilines is 1. The second-order valence-corrected chi connectivity index (χ2v) is 9.67. The highest BCUT2D eigenvalue weighted by Crippen LogP contribution is 2.30. The second kappa shape index (κ2) is 9.11. The lowest BCUT2D eigenvalue weighted by molar-refractivity contribution is -0.0467. The molecule has 2 fully saturated rings. The molecule has 4 rings (SSSR count). The maximum absolute atomic E-state index is 13.4. The Hall–Kier alpha value is -2.97. The van der Waals surface area contributed by atoms with E-state index in [9.17, 15) is 14.7 Å². The van der Waals surface area contributed by atoms with E-state index in [1.54, 1.807) is 18.1 Å². The summed E-state index contributed by atoms with van der Waals surface area (Å²) in [7, 11) is 1.76.